The van der Waals surface area contributed by atoms with E-state index < -0.39 is 0 Å². The van der Waals surface area contributed by atoms with Gasteiger partial charge in [0.05, 0.1) is 0 Å². The molecule has 0 aliphatic heterocycles. The number of rotatable bonds is 32. The maximum absolute atomic E-state index is 8.81. The van der Waals surface area contributed by atoms with Crippen LogP contribution >= 0.6 is 0 Å². The number of carbonyl (C=O) groups is 4. The summed E-state index contributed by atoms with van der Waals surface area (Å²) >= 11 is 0. The highest BCUT2D eigenvalue weighted by molar-refractivity contribution is 5.90. The highest BCUT2D eigenvalue weighted by Crippen LogP contribution is 2.30. The predicted octanol–water partition coefficient (Wildman–Crippen LogP) is 36.9. The van der Waals surface area contributed by atoms with Gasteiger partial charge in [-0.05, 0) is 194 Å². The van der Waals surface area contributed by atoms with E-state index >= 15 is 0 Å². The van der Waals surface area contributed by atoms with E-state index in [4.69, 9.17) is 19.2 Å². The second-order valence-electron chi connectivity index (χ2n) is 21.9. The van der Waals surface area contributed by atoms with Gasteiger partial charge in [-0.3, -0.25) is 0 Å². The third-order valence-corrected chi connectivity index (χ3v) is 15.4. The number of unbranched alkanes of at least 4 members (excludes halogenated alkanes) is 16. The summed E-state index contributed by atoms with van der Waals surface area (Å²) in [4.78, 5) is 35.2. The molecule has 7 aromatic carbocycles. The van der Waals surface area contributed by atoms with Crippen LogP contribution in [-0.4, -0.2) is 25.1 Å². The average molecular weight is 1510 g/mol. The molecule has 0 N–H and O–H groups in total. The maximum Gasteiger partial charge on any atom is 0.116 e. The summed E-state index contributed by atoms with van der Waals surface area (Å²) < 4.78 is 0. The molecular formula is C104H200O4. The Kier molecular flexibility index (Phi) is 163. The van der Waals surface area contributed by atoms with Crippen molar-refractivity contribution in [3.63, 3.8) is 0 Å². The lowest BCUT2D eigenvalue weighted by molar-refractivity contribution is -0.106. The first kappa shape index (κ1) is 147. The van der Waals surface area contributed by atoms with E-state index in [1.165, 1.54) is 278 Å². The molecule has 0 bridgehead atoms. The molecule has 0 unspecified atom stereocenters. The van der Waals surface area contributed by atoms with Crippen molar-refractivity contribution in [2.24, 2.45) is 0 Å². The van der Waals surface area contributed by atoms with Crippen molar-refractivity contribution in [2.75, 3.05) is 0 Å². The molecule has 0 aliphatic carbocycles. The lowest BCUT2D eigenvalue weighted by atomic mass is 9.92. The SMILES string of the molecule is C.C.C.C.C.C.C.C.C.C.C.C.CC.CC.CC.CC.CC.CC.CC.CC=O.CC=O.CC=O.CC=O.CCCCCCCc1ccc(CCCc2cccc3c(CCCCCCC)cccc23)cc1.CCCCCCCc1cccc2c(CCCc3ccc(CCCCCCC)c4ccccc34)cccc12. The Bertz CT molecular complexity index is 2660. The van der Waals surface area contributed by atoms with E-state index in [-0.39, 0.29) is 89.1 Å². The van der Waals surface area contributed by atoms with Gasteiger partial charge in [-0.1, -0.05) is 450 Å². The third kappa shape index (κ3) is 72.8. The quantitative estimate of drug-likeness (QED) is 0.0311. The average Bonchev–Trinajstić information content (AvgIpc) is 0.821. The number of hydrogen-bond donors (Lipinski definition) is 0. The molecule has 0 saturated carbocycles. The Morgan fingerprint density at radius 2 is 0.333 bits per heavy atom. The Balaban J connectivity index is -0.0000000659. The van der Waals surface area contributed by atoms with Crippen molar-refractivity contribution in [2.45, 2.75) is 434 Å². The summed E-state index contributed by atoms with van der Waals surface area (Å²) in [6.45, 7) is 42.9. The first-order valence-electron chi connectivity index (χ1n) is 39.4. The monoisotopic (exact) mass is 1510 g/mol. The highest BCUT2D eigenvalue weighted by atomic mass is 16.1. The van der Waals surface area contributed by atoms with E-state index in [1.54, 1.807) is 0 Å². The van der Waals surface area contributed by atoms with Crippen molar-refractivity contribution < 1.29 is 19.2 Å². The van der Waals surface area contributed by atoms with Gasteiger partial charge < -0.3 is 19.2 Å². The van der Waals surface area contributed by atoms with Gasteiger partial charge >= 0.3 is 0 Å². The molecule has 0 aromatic heterocycles. The molecule has 0 aliphatic rings. The van der Waals surface area contributed by atoms with Gasteiger partial charge in [0.1, 0.15) is 25.1 Å². The predicted molar refractivity (Wildman–Crippen MR) is 519 cm³/mol. The Morgan fingerprint density at radius 1 is 0.185 bits per heavy atom. The van der Waals surface area contributed by atoms with Gasteiger partial charge in [-0.2, -0.15) is 0 Å². The highest BCUT2D eigenvalue weighted by Gasteiger charge is 2.10. The first-order valence-corrected chi connectivity index (χ1v) is 39.4. The zero-order valence-corrected chi connectivity index (χ0v) is 66.9. The van der Waals surface area contributed by atoms with Crippen LogP contribution in [-0.2, 0) is 70.5 Å². The van der Waals surface area contributed by atoms with Crippen molar-refractivity contribution in [1.82, 2.24) is 0 Å². The van der Waals surface area contributed by atoms with Crippen LogP contribution in [0.15, 0.2) is 133 Å². The van der Waals surface area contributed by atoms with E-state index in [1.807, 2.05) is 96.9 Å². The van der Waals surface area contributed by atoms with Gasteiger partial charge in [0, 0.05) is 0 Å². The van der Waals surface area contributed by atoms with Crippen molar-refractivity contribution >= 4 is 57.5 Å². The van der Waals surface area contributed by atoms with Gasteiger partial charge in [-0.15, -0.1) is 0 Å². The topological polar surface area (TPSA) is 68.3 Å². The van der Waals surface area contributed by atoms with Crippen LogP contribution in [0.1, 0.15) is 427 Å². The zero-order valence-electron chi connectivity index (χ0n) is 66.9. The minimum absolute atomic E-state index is 0. The van der Waals surface area contributed by atoms with Crippen molar-refractivity contribution in [3.05, 3.63) is 178 Å². The fraction of sp³-hybridized carbons (Fsp3) is 0.615. The van der Waals surface area contributed by atoms with Crippen molar-refractivity contribution in [3.8, 4) is 0 Å². The number of hydrogen-bond acceptors (Lipinski definition) is 4. The van der Waals surface area contributed by atoms with Crippen LogP contribution in [0, 0.1) is 0 Å². The molecule has 0 heterocycles. The summed E-state index contributed by atoms with van der Waals surface area (Å²) in [5.41, 5.74) is 12.1. The molecule has 640 valence electrons. The molecule has 0 radical (unpaired) electrons. The zero-order chi connectivity index (χ0) is 73.7. The first-order chi connectivity index (χ1) is 47.3. The molecule has 108 heavy (non-hydrogen) atoms. The van der Waals surface area contributed by atoms with E-state index in [2.05, 4.69) is 161 Å². The molecule has 0 amide bonds. The Labute approximate surface area is 684 Å². The Morgan fingerprint density at radius 3 is 0.537 bits per heavy atom. The van der Waals surface area contributed by atoms with Crippen LogP contribution in [0.3, 0.4) is 0 Å². The molecule has 7 aromatic rings. The number of aryl methyl sites for hydroxylation is 8. The van der Waals surface area contributed by atoms with Gasteiger partial charge in [-0.25, -0.2) is 0 Å². The van der Waals surface area contributed by atoms with E-state index in [0.717, 1.165) is 44.4 Å². The minimum Gasteiger partial charge on any atom is -0.304 e. The number of fused-ring (bicyclic) bond motifs is 3. The fourth-order valence-corrected chi connectivity index (χ4v) is 11.1. The fourth-order valence-electron chi connectivity index (χ4n) is 11.1. The van der Waals surface area contributed by atoms with Gasteiger partial charge in [0.2, 0.25) is 0 Å². The smallest absolute Gasteiger partial charge is 0.116 e. The molecular weight excluding hydrogens is 1310 g/mol. The lowest BCUT2D eigenvalue weighted by Gasteiger charge is -2.13. The van der Waals surface area contributed by atoms with Crippen LogP contribution in [0.5, 0.6) is 0 Å². The largest absolute Gasteiger partial charge is 0.304 e. The molecule has 4 heteroatoms. The second kappa shape index (κ2) is 119. The van der Waals surface area contributed by atoms with Crippen LogP contribution in [0.2, 0.25) is 0 Å². The number of carbonyl (C=O) groups excluding carboxylic acids is 4. The summed E-state index contributed by atoms with van der Waals surface area (Å²) in [6, 6.07) is 51.2. The van der Waals surface area contributed by atoms with Gasteiger partial charge in [0.25, 0.3) is 0 Å². The van der Waals surface area contributed by atoms with E-state index in [9.17, 15) is 0 Å². The molecule has 4 nitrogen and oxygen atoms in total. The van der Waals surface area contributed by atoms with Crippen LogP contribution in [0.25, 0.3) is 32.3 Å². The lowest BCUT2D eigenvalue weighted by Crippen LogP contribution is -1.96. The second-order valence-corrected chi connectivity index (χ2v) is 21.9. The van der Waals surface area contributed by atoms with Crippen LogP contribution < -0.4 is 0 Å². The minimum atomic E-state index is 0. The summed E-state index contributed by atoms with van der Waals surface area (Å²) in [6.07, 6.45) is 41.9. The Hall–Kier alpha value is -6.00. The normalized spacial score (nSPS) is 8.28. The number of aldehydes is 4. The standard InChI is InChI=1S/C37H48.C33H46.4C2H4O.7C2H6.12CH4/c1-3-5-7-9-11-18-30-22-16-27-37-31(23-17-26-36(30)37)20-15-21-33-29-28-32(19-12-10-8-6-4-2)34-24-13-14-25-35(33)34;1-3-5-7-9-11-16-28-24-26-29(27-25-28)17-13-19-31-21-15-22-32-30(20-14-23-33(31)32)18-12-10-8-6-4-2;4*1-2-3;7*1-2;;;;;;;;;;;;/h13-14,16-17,22-29H,3-12,15,18-21H2,1-2H3;14-15,20-27H,3-13,16-19H2,1-2H3;4*2H,1H3;7*1-2H3;12*1H4. The van der Waals surface area contributed by atoms with Crippen molar-refractivity contribution in [1.29, 1.82) is 0 Å². The number of benzene rings is 7. The third-order valence-electron chi connectivity index (χ3n) is 15.4. The van der Waals surface area contributed by atoms with E-state index in [0.29, 0.717) is 0 Å². The maximum atomic E-state index is 8.81. The molecule has 0 atom stereocenters. The molecule has 0 spiro atoms. The molecule has 0 fully saturated rings. The van der Waals surface area contributed by atoms with Gasteiger partial charge in [0.15, 0.2) is 0 Å². The molecule has 7 rings (SSSR count). The molecule has 0 saturated heterocycles. The summed E-state index contributed by atoms with van der Waals surface area (Å²) in [5, 5.41) is 8.85. The van der Waals surface area contributed by atoms with Crippen LogP contribution in [0.4, 0.5) is 0 Å². The summed E-state index contributed by atoms with van der Waals surface area (Å²) in [7, 11) is 0. The summed E-state index contributed by atoms with van der Waals surface area (Å²) in [5.74, 6) is 0.